The number of carbonyl (C=O) groups excluding carboxylic acids is 3. The molecule has 0 radical (unpaired) electrons. The predicted molar refractivity (Wildman–Crippen MR) is 302 cm³/mol. The summed E-state index contributed by atoms with van der Waals surface area (Å²) in [5, 5.41) is 0. The Morgan fingerprint density at radius 2 is 0.557 bits per heavy atom. The summed E-state index contributed by atoms with van der Waals surface area (Å²) < 4.78 is 16.8. The summed E-state index contributed by atoms with van der Waals surface area (Å²) in [5.41, 5.74) is 0. The first kappa shape index (κ1) is 67.4. The fourth-order valence-corrected chi connectivity index (χ4v) is 8.87. The van der Waals surface area contributed by atoms with Gasteiger partial charge < -0.3 is 14.2 Å². The van der Waals surface area contributed by atoms with E-state index in [9.17, 15) is 14.4 Å². The van der Waals surface area contributed by atoms with E-state index in [2.05, 4.69) is 69.4 Å². The number of esters is 3. The molecule has 0 amide bonds. The van der Waals surface area contributed by atoms with Gasteiger partial charge in [-0.15, -0.1) is 0 Å². The molecule has 0 spiro atoms. The lowest BCUT2D eigenvalue weighted by Crippen LogP contribution is -2.30. The van der Waals surface area contributed by atoms with E-state index >= 15 is 0 Å². The van der Waals surface area contributed by atoms with Gasteiger partial charge in [0, 0.05) is 19.3 Å². The number of carbonyl (C=O) groups is 3. The Morgan fingerprint density at radius 1 is 0.286 bits per heavy atom. The van der Waals surface area contributed by atoms with Crippen molar-refractivity contribution < 1.29 is 28.6 Å². The fraction of sp³-hybridized carbons (Fsp3) is 0.828. The fourth-order valence-electron chi connectivity index (χ4n) is 8.87. The minimum Gasteiger partial charge on any atom is -0.462 e. The van der Waals surface area contributed by atoms with Crippen LogP contribution in [0, 0.1) is 0 Å². The lowest BCUT2D eigenvalue weighted by molar-refractivity contribution is -0.167. The van der Waals surface area contributed by atoms with Crippen LogP contribution in [-0.2, 0) is 28.6 Å². The lowest BCUT2D eigenvalue weighted by Gasteiger charge is -2.18. The van der Waals surface area contributed by atoms with E-state index in [1.165, 1.54) is 193 Å². The van der Waals surface area contributed by atoms with Crippen LogP contribution in [0.2, 0.25) is 0 Å². The second kappa shape index (κ2) is 58.9. The highest BCUT2D eigenvalue weighted by Gasteiger charge is 2.19. The Balaban J connectivity index is 4.02. The summed E-state index contributed by atoms with van der Waals surface area (Å²) in [5.74, 6) is -0.885. The summed E-state index contributed by atoms with van der Waals surface area (Å²) in [6.07, 6.45) is 72.9. The first-order valence-corrected chi connectivity index (χ1v) is 30.6. The number of allylic oxidation sites excluding steroid dienone is 8. The lowest BCUT2D eigenvalue weighted by atomic mass is 10.0. The molecule has 0 aliphatic carbocycles. The number of hydrogen-bond acceptors (Lipinski definition) is 6. The maximum absolute atomic E-state index is 12.8. The zero-order valence-electron chi connectivity index (χ0n) is 46.8. The average molecular weight is 982 g/mol. The van der Waals surface area contributed by atoms with Crippen LogP contribution < -0.4 is 0 Å². The first-order valence-electron chi connectivity index (χ1n) is 30.6. The molecular formula is C64H116O6. The topological polar surface area (TPSA) is 78.9 Å². The Bertz CT molecular complexity index is 1220. The van der Waals surface area contributed by atoms with Crippen molar-refractivity contribution in [2.75, 3.05) is 13.2 Å². The third-order valence-electron chi connectivity index (χ3n) is 13.5. The molecule has 408 valence electrons. The van der Waals surface area contributed by atoms with Gasteiger partial charge in [-0.3, -0.25) is 14.4 Å². The van der Waals surface area contributed by atoms with E-state index < -0.39 is 6.10 Å². The second-order valence-electron chi connectivity index (χ2n) is 20.6. The van der Waals surface area contributed by atoms with Crippen LogP contribution in [-0.4, -0.2) is 37.2 Å². The maximum Gasteiger partial charge on any atom is 0.306 e. The number of hydrogen-bond donors (Lipinski definition) is 0. The molecule has 0 N–H and O–H groups in total. The van der Waals surface area contributed by atoms with Crippen molar-refractivity contribution in [2.45, 2.75) is 329 Å². The van der Waals surface area contributed by atoms with Crippen LogP contribution in [0.5, 0.6) is 0 Å². The molecular weight excluding hydrogens is 865 g/mol. The molecule has 6 nitrogen and oxygen atoms in total. The molecule has 0 fully saturated rings. The van der Waals surface area contributed by atoms with Crippen molar-refractivity contribution in [2.24, 2.45) is 0 Å². The summed E-state index contributed by atoms with van der Waals surface area (Å²) in [7, 11) is 0. The van der Waals surface area contributed by atoms with E-state index in [4.69, 9.17) is 14.2 Å². The minimum absolute atomic E-state index is 0.0762. The highest BCUT2D eigenvalue weighted by atomic mass is 16.6. The second-order valence-corrected chi connectivity index (χ2v) is 20.6. The van der Waals surface area contributed by atoms with Crippen molar-refractivity contribution in [1.82, 2.24) is 0 Å². The molecule has 70 heavy (non-hydrogen) atoms. The Kier molecular flexibility index (Phi) is 56.7. The molecule has 6 heteroatoms. The number of ether oxygens (including phenoxy) is 3. The van der Waals surface area contributed by atoms with Gasteiger partial charge in [-0.1, -0.05) is 262 Å². The molecule has 1 unspecified atom stereocenters. The standard InChI is InChI=1S/C64H116O6/c1-4-7-10-13-16-19-22-23-24-25-26-27-28-29-30-31-32-33-34-35-36-37-38-39-40-41-43-45-48-51-54-57-63(66)69-60-61(59-68-62(65)56-53-50-47-44-21-18-15-12-9-6-3)70-64(67)58-55-52-49-46-42-20-17-14-11-8-5-2/h12,14-15,17,22-23,25-26,61H,4-11,13,16,18-21,24,27-60H2,1-3H3/b15-12-,17-14-,23-22-,26-25-. The van der Waals surface area contributed by atoms with Gasteiger partial charge in [0.25, 0.3) is 0 Å². The highest BCUT2D eigenvalue weighted by molar-refractivity contribution is 5.71. The SMILES string of the molecule is CCC/C=C\CCCCCCCC(=O)OCC(COC(=O)CCCCCCCCCCCCCCCCCCCCC/C=C\C/C=C\CCCCCCC)OC(=O)CCCCCCC/C=C\CCCC. The van der Waals surface area contributed by atoms with Gasteiger partial charge in [0.1, 0.15) is 13.2 Å². The Morgan fingerprint density at radius 3 is 0.900 bits per heavy atom. The normalized spacial score (nSPS) is 12.3. The first-order chi connectivity index (χ1) is 34.5. The number of unbranched alkanes of at least 4 members (excludes halogenated alkanes) is 37. The quantitative estimate of drug-likeness (QED) is 0.0261. The zero-order valence-corrected chi connectivity index (χ0v) is 46.8. The van der Waals surface area contributed by atoms with Crippen LogP contribution in [0.1, 0.15) is 323 Å². The summed E-state index contributed by atoms with van der Waals surface area (Å²) >= 11 is 0. The molecule has 0 heterocycles. The van der Waals surface area contributed by atoms with Crippen LogP contribution in [0.15, 0.2) is 48.6 Å². The van der Waals surface area contributed by atoms with Crippen LogP contribution in [0.3, 0.4) is 0 Å². The van der Waals surface area contributed by atoms with Gasteiger partial charge in [-0.05, 0) is 89.9 Å². The predicted octanol–water partition coefficient (Wildman–Crippen LogP) is 20.6. The maximum atomic E-state index is 12.8. The third kappa shape index (κ3) is 56.3. The van der Waals surface area contributed by atoms with Crippen molar-refractivity contribution >= 4 is 17.9 Å². The van der Waals surface area contributed by atoms with Gasteiger partial charge in [-0.25, -0.2) is 0 Å². The van der Waals surface area contributed by atoms with Crippen LogP contribution in [0.4, 0.5) is 0 Å². The van der Waals surface area contributed by atoms with E-state index in [1.54, 1.807) is 0 Å². The van der Waals surface area contributed by atoms with Crippen molar-refractivity contribution in [3.8, 4) is 0 Å². The Labute approximate surface area is 435 Å². The average Bonchev–Trinajstić information content (AvgIpc) is 3.36. The summed E-state index contributed by atoms with van der Waals surface area (Å²) in [6, 6.07) is 0. The van der Waals surface area contributed by atoms with Gasteiger partial charge in [0.15, 0.2) is 6.10 Å². The highest BCUT2D eigenvalue weighted by Crippen LogP contribution is 2.17. The molecule has 1 atom stereocenters. The molecule has 0 saturated heterocycles. The molecule has 0 aromatic carbocycles. The zero-order chi connectivity index (χ0) is 50.7. The van der Waals surface area contributed by atoms with Gasteiger partial charge in [0.2, 0.25) is 0 Å². The monoisotopic (exact) mass is 981 g/mol. The van der Waals surface area contributed by atoms with E-state index in [0.717, 1.165) is 89.9 Å². The molecule has 0 bridgehead atoms. The van der Waals surface area contributed by atoms with Crippen LogP contribution >= 0.6 is 0 Å². The summed E-state index contributed by atoms with van der Waals surface area (Å²) in [4.78, 5) is 38.0. The number of rotatable bonds is 56. The van der Waals surface area contributed by atoms with E-state index in [-0.39, 0.29) is 31.1 Å². The van der Waals surface area contributed by atoms with Crippen molar-refractivity contribution in [3.63, 3.8) is 0 Å². The smallest absolute Gasteiger partial charge is 0.306 e. The van der Waals surface area contributed by atoms with Gasteiger partial charge in [0.05, 0.1) is 0 Å². The Hall–Kier alpha value is -2.63. The van der Waals surface area contributed by atoms with Crippen molar-refractivity contribution in [3.05, 3.63) is 48.6 Å². The van der Waals surface area contributed by atoms with Gasteiger partial charge >= 0.3 is 17.9 Å². The molecule has 0 rings (SSSR count). The third-order valence-corrected chi connectivity index (χ3v) is 13.5. The van der Waals surface area contributed by atoms with Crippen LogP contribution in [0.25, 0.3) is 0 Å². The largest absolute Gasteiger partial charge is 0.462 e. The molecule has 0 aliphatic heterocycles. The summed E-state index contributed by atoms with van der Waals surface area (Å²) in [6.45, 7) is 6.54. The van der Waals surface area contributed by atoms with E-state index in [1.807, 2.05) is 0 Å². The minimum atomic E-state index is -0.777. The molecule has 0 aromatic heterocycles. The van der Waals surface area contributed by atoms with Gasteiger partial charge in [-0.2, -0.15) is 0 Å². The molecule has 0 saturated carbocycles. The molecule has 0 aliphatic rings. The molecule has 0 aromatic rings. The van der Waals surface area contributed by atoms with Crippen molar-refractivity contribution in [1.29, 1.82) is 0 Å². The van der Waals surface area contributed by atoms with E-state index in [0.29, 0.717) is 19.3 Å².